The summed E-state index contributed by atoms with van der Waals surface area (Å²) in [6.45, 7) is 2.51. The number of hydrogen-bond acceptors (Lipinski definition) is 6. The average Bonchev–Trinajstić information content (AvgIpc) is 3.13. The maximum Gasteiger partial charge on any atom is 0.412 e. The number of dihydropyridines is 1. The van der Waals surface area contributed by atoms with Crippen molar-refractivity contribution in [1.82, 2.24) is 20.4 Å². The third-order valence-corrected chi connectivity index (χ3v) is 6.75. The lowest BCUT2D eigenvalue weighted by Gasteiger charge is -2.41. The molecule has 0 radical (unpaired) electrons. The van der Waals surface area contributed by atoms with Gasteiger partial charge in [0.2, 0.25) is 5.91 Å². The summed E-state index contributed by atoms with van der Waals surface area (Å²) >= 11 is 0. The van der Waals surface area contributed by atoms with Crippen molar-refractivity contribution in [3.05, 3.63) is 11.6 Å². The molecule has 0 aliphatic carbocycles. The third-order valence-electron chi connectivity index (χ3n) is 6.75. The van der Waals surface area contributed by atoms with Crippen LogP contribution in [0.1, 0.15) is 39.0 Å². The van der Waals surface area contributed by atoms with Gasteiger partial charge in [0.15, 0.2) is 5.96 Å². The fraction of sp³-hybridized carbons (Fsp3) is 0.762. The van der Waals surface area contributed by atoms with Crippen molar-refractivity contribution in [3.8, 4) is 0 Å². The predicted molar refractivity (Wildman–Crippen MR) is 113 cm³/mol. The van der Waals surface area contributed by atoms with Crippen molar-refractivity contribution >= 4 is 17.7 Å². The summed E-state index contributed by atoms with van der Waals surface area (Å²) in [6, 6.07) is -0.103. The van der Waals surface area contributed by atoms with Crippen LogP contribution in [0, 0.1) is 5.92 Å². The van der Waals surface area contributed by atoms with Crippen LogP contribution in [0.3, 0.4) is 0 Å². The third kappa shape index (κ3) is 5.75. The van der Waals surface area contributed by atoms with Gasteiger partial charge in [0.05, 0.1) is 6.54 Å². The molecule has 0 aromatic rings. The molecule has 0 aromatic heterocycles. The summed E-state index contributed by atoms with van der Waals surface area (Å²) in [7, 11) is 0. The van der Waals surface area contributed by atoms with Gasteiger partial charge in [0, 0.05) is 57.6 Å². The van der Waals surface area contributed by atoms with Crippen molar-refractivity contribution in [1.29, 1.82) is 0 Å². The molecule has 0 spiro atoms. The van der Waals surface area contributed by atoms with Crippen molar-refractivity contribution in [2.45, 2.75) is 63.3 Å². The van der Waals surface area contributed by atoms with Crippen LogP contribution in [0.5, 0.6) is 0 Å². The first-order valence-corrected chi connectivity index (χ1v) is 11.3. The molecule has 184 valence electrons. The van der Waals surface area contributed by atoms with Crippen LogP contribution in [-0.2, 0) is 4.79 Å². The fourth-order valence-electron chi connectivity index (χ4n) is 4.87. The van der Waals surface area contributed by atoms with E-state index in [9.17, 15) is 26.7 Å². The Hall–Kier alpha value is -2.40. The molecule has 4 heterocycles. The number of halogens is 5. The molecule has 2 atom stereocenters. The molecule has 12 heteroatoms. The molecule has 2 N–H and O–H groups in total. The van der Waals surface area contributed by atoms with Crippen LogP contribution in [-0.4, -0.2) is 84.5 Å². The van der Waals surface area contributed by atoms with Gasteiger partial charge in [-0.25, -0.2) is 13.8 Å². The van der Waals surface area contributed by atoms with E-state index in [0.717, 1.165) is 18.9 Å². The number of carbonyl (C=O) groups is 1. The van der Waals surface area contributed by atoms with Crippen LogP contribution >= 0.6 is 0 Å². The van der Waals surface area contributed by atoms with Gasteiger partial charge in [-0.15, -0.1) is 0 Å². The first kappa shape index (κ1) is 23.7. The van der Waals surface area contributed by atoms with E-state index in [-0.39, 0.29) is 49.6 Å². The van der Waals surface area contributed by atoms with Crippen LogP contribution in [0.15, 0.2) is 21.6 Å². The summed E-state index contributed by atoms with van der Waals surface area (Å²) < 4.78 is 67.1. The molecule has 2 unspecified atom stereocenters. The summed E-state index contributed by atoms with van der Waals surface area (Å²) in [6.07, 6.45) is -2.45. The van der Waals surface area contributed by atoms with E-state index < -0.39 is 30.4 Å². The Bertz CT molecular complexity index is 847. The van der Waals surface area contributed by atoms with Crippen LogP contribution in [0.4, 0.5) is 22.0 Å². The summed E-state index contributed by atoms with van der Waals surface area (Å²) in [4.78, 5) is 23.6. The zero-order valence-corrected chi connectivity index (χ0v) is 18.5. The first-order chi connectivity index (χ1) is 15.5. The Morgan fingerprint density at radius 2 is 1.97 bits per heavy atom. The number of guanidine groups is 1. The maximum absolute atomic E-state index is 13.8. The minimum absolute atomic E-state index is 0.0220. The number of amides is 1. The van der Waals surface area contributed by atoms with E-state index in [1.807, 2.05) is 0 Å². The highest BCUT2D eigenvalue weighted by Crippen LogP contribution is 2.31. The van der Waals surface area contributed by atoms with Crippen LogP contribution in [0.2, 0.25) is 0 Å². The van der Waals surface area contributed by atoms with Gasteiger partial charge in [0.1, 0.15) is 12.0 Å². The molecule has 4 aliphatic heterocycles. The molecular weight excluding hydrogens is 447 g/mol. The van der Waals surface area contributed by atoms with E-state index in [2.05, 4.69) is 20.6 Å². The van der Waals surface area contributed by atoms with Gasteiger partial charge in [-0.3, -0.25) is 9.79 Å². The molecule has 2 saturated heterocycles. The Kier molecular flexibility index (Phi) is 6.54. The molecule has 0 aromatic carbocycles. The Balaban J connectivity index is 1.50. The summed E-state index contributed by atoms with van der Waals surface area (Å²) in [5, 5.41) is 6.31. The molecule has 0 bridgehead atoms. The highest BCUT2D eigenvalue weighted by molar-refractivity contribution is 5.95. The van der Waals surface area contributed by atoms with Gasteiger partial charge in [-0.2, -0.15) is 13.2 Å². The highest BCUT2D eigenvalue weighted by atomic mass is 19.4. The average molecular weight is 476 g/mol. The second-order valence-electron chi connectivity index (χ2n) is 9.15. The molecule has 7 nitrogen and oxygen atoms in total. The van der Waals surface area contributed by atoms with Crippen LogP contribution < -0.4 is 10.6 Å². The lowest BCUT2D eigenvalue weighted by Crippen LogP contribution is -2.57. The molecule has 0 saturated carbocycles. The number of amidine groups is 1. The molecule has 2 fully saturated rings. The maximum atomic E-state index is 13.8. The van der Waals surface area contributed by atoms with Crippen molar-refractivity contribution in [3.63, 3.8) is 0 Å². The molecule has 33 heavy (non-hydrogen) atoms. The van der Waals surface area contributed by atoms with E-state index in [0.29, 0.717) is 25.5 Å². The molecular formula is C21H29F5N6O. The van der Waals surface area contributed by atoms with E-state index in [1.54, 1.807) is 4.90 Å². The van der Waals surface area contributed by atoms with E-state index in [4.69, 9.17) is 0 Å². The fourth-order valence-corrected chi connectivity index (χ4v) is 4.87. The quantitative estimate of drug-likeness (QED) is 0.601. The summed E-state index contributed by atoms with van der Waals surface area (Å²) in [5.74, 6) is -2.14. The topological polar surface area (TPSA) is 72.3 Å². The van der Waals surface area contributed by atoms with Gasteiger partial charge in [-0.1, -0.05) is 0 Å². The van der Waals surface area contributed by atoms with E-state index >= 15 is 0 Å². The van der Waals surface area contributed by atoms with Gasteiger partial charge in [0.25, 0.3) is 5.92 Å². The number of alkyl halides is 5. The number of likely N-dealkylation sites (tertiary alicyclic amines) is 2. The Morgan fingerprint density at radius 1 is 1.24 bits per heavy atom. The van der Waals surface area contributed by atoms with Gasteiger partial charge < -0.3 is 20.4 Å². The largest absolute Gasteiger partial charge is 0.412 e. The standard InChI is InChI=1S/C21H29F5N6O/c1-13(33)31-7-3-14(4-8-31)16-11-18(29-17-10-15(2-6-27-17)21(24,25)26)30-19(28-16)32-9-5-20(22,23)12-32/h10,14,16,18H,2-9,11-12H2,1H3,(H,27,29)(H,28,30). The molecule has 4 aliphatic rings. The lowest BCUT2D eigenvalue weighted by molar-refractivity contribution is -0.130. The minimum Gasteiger partial charge on any atom is -0.353 e. The smallest absolute Gasteiger partial charge is 0.353 e. The number of piperidine rings is 1. The second kappa shape index (κ2) is 9.09. The SMILES string of the molecule is CC(=O)N1CCC(C2CC(NC3=NCCC(C(F)(F)F)=C3)N=C(N3CCC(F)(F)C3)N2)CC1. The monoisotopic (exact) mass is 476 g/mol. The number of rotatable bonds is 2. The second-order valence-corrected chi connectivity index (χ2v) is 9.15. The number of aliphatic imine (C=N–C) groups is 2. The normalized spacial score (nSPS) is 28.6. The Labute approximate surface area is 189 Å². The van der Waals surface area contributed by atoms with Crippen LogP contribution in [0.25, 0.3) is 0 Å². The van der Waals surface area contributed by atoms with Crippen molar-refractivity contribution in [2.75, 3.05) is 32.7 Å². The number of carbonyl (C=O) groups excluding carboxylic acids is 1. The lowest BCUT2D eigenvalue weighted by atomic mass is 9.86. The van der Waals surface area contributed by atoms with Gasteiger partial charge in [-0.05, 0) is 31.3 Å². The zero-order valence-electron chi connectivity index (χ0n) is 18.5. The molecule has 4 rings (SSSR count). The Morgan fingerprint density at radius 3 is 2.58 bits per heavy atom. The number of hydrogen-bond donors (Lipinski definition) is 2. The predicted octanol–water partition coefficient (Wildman–Crippen LogP) is 2.51. The van der Waals surface area contributed by atoms with Crippen molar-refractivity contribution < 1.29 is 26.7 Å². The molecule has 1 amide bonds. The summed E-state index contributed by atoms with van der Waals surface area (Å²) in [5.41, 5.74) is -0.648. The number of nitrogens with zero attached hydrogens (tertiary/aromatic N) is 4. The number of nitrogens with one attached hydrogen (secondary N) is 2. The minimum atomic E-state index is -4.42. The van der Waals surface area contributed by atoms with Crippen molar-refractivity contribution in [2.24, 2.45) is 15.9 Å². The zero-order chi connectivity index (χ0) is 23.8. The van der Waals surface area contributed by atoms with E-state index in [1.165, 1.54) is 11.8 Å². The van der Waals surface area contributed by atoms with Gasteiger partial charge >= 0.3 is 6.18 Å². The highest BCUT2D eigenvalue weighted by Gasteiger charge is 2.42. The first-order valence-electron chi connectivity index (χ1n) is 11.3.